The van der Waals surface area contributed by atoms with E-state index >= 15 is 0 Å². The zero-order chi connectivity index (χ0) is 24.4. The highest BCUT2D eigenvalue weighted by molar-refractivity contribution is 6.04. The summed E-state index contributed by atoms with van der Waals surface area (Å²) in [7, 11) is 0. The monoisotopic (exact) mass is 454 g/mol. The number of benzene rings is 2. The molecule has 0 radical (unpaired) electrons. The van der Waals surface area contributed by atoms with E-state index in [4.69, 9.17) is 11.5 Å². The molecule has 0 aliphatic carbocycles. The zero-order valence-electron chi connectivity index (χ0n) is 19.3. The average molecular weight is 455 g/mol. The van der Waals surface area contributed by atoms with Crippen molar-refractivity contribution in [1.82, 2.24) is 10.2 Å². The molecule has 0 fully saturated rings. The maximum Gasteiger partial charge on any atom is 0.253 e. The Labute approximate surface area is 195 Å². The first-order chi connectivity index (χ1) is 15.8. The van der Waals surface area contributed by atoms with Crippen molar-refractivity contribution in [1.29, 1.82) is 0 Å². The fraction of sp³-hybridized carbons (Fsp3) is 0.400. The van der Waals surface area contributed by atoms with Gasteiger partial charge in [0.1, 0.15) is 0 Å². The third-order valence-corrected chi connectivity index (χ3v) is 5.32. The summed E-state index contributed by atoms with van der Waals surface area (Å²) in [5, 5.41) is 13.2. The van der Waals surface area contributed by atoms with Crippen molar-refractivity contribution in [3.05, 3.63) is 70.8 Å². The lowest BCUT2D eigenvalue weighted by atomic mass is 9.99. The van der Waals surface area contributed by atoms with Gasteiger partial charge in [0.15, 0.2) is 0 Å². The minimum atomic E-state index is -0.973. The molecule has 0 saturated carbocycles. The maximum atomic E-state index is 13.1. The van der Waals surface area contributed by atoms with E-state index in [2.05, 4.69) is 5.32 Å². The fourth-order valence-corrected chi connectivity index (χ4v) is 3.63. The van der Waals surface area contributed by atoms with Crippen molar-refractivity contribution in [2.24, 2.45) is 11.5 Å². The molecule has 0 heterocycles. The van der Waals surface area contributed by atoms with Crippen LogP contribution in [0.4, 0.5) is 0 Å². The molecule has 2 atom stereocenters. The van der Waals surface area contributed by atoms with Gasteiger partial charge in [0.2, 0.25) is 5.91 Å². The first-order valence-electron chi connectivity index (χ1n) is 11.3. The number of carbonyl (C=O) groups excluding carboxylic acids is 3. The Morgan fingerprint density at radius 3 is 2.09 bits per heavy atom. The lowest BCUT2D eigenvalue weighted by Crippen LogP contribution is -2.48. The highest BCUT2D eigenvalue weighted by Crippen LogP contribution is 2.15. The normalized spacial score (nSPS) is 12.6. The van der Waals surface area contributed by atoms with Gasteiger partial charge in [0.05, 0.1) is 12.1 Å². The summed E-state index contributed by atoms with van der Waals surface area (Å²) in [4.78, 5) is 39.8. The Morgan fingerprint density at radius 2 is 1.55 bits per heavy atom. The molecule has 33 heavy (non-hydrogen) atoms. The number of amides is 3. The van der Waals surface area contributed by atoms with Crippen LogP contribution < -0.4 is 16.8 Å². The molecule has 2 aromatic carbocycles. The molecule has 0 aliphatic rings. The number of aliphatic hydroxyl groups is 1. The van der Waals surface area contributed by atoms with Crippen molar-refractivity contribution in [3.8, 4) is 0 Å². The number of nitrogens with one attached hydrogen (secondary N) is 1. The van der Waals surface area contributed by atoms with Crippen LogP contribution in [0.5, 0.6) is 0 Å². The molecule has 0 aromatic heterocycles. The van der Waals surface area contributed by atoms with Gasteiger partial charge in [-0.2, -0.15) is 0 Å². The van der Waals surface area contributed by atoms with Gasteiger partial charge in [-0.1, -0.05) is 44.2 Å². The van der Waals surface area contributed by atoms with Gasteiger partial charge < -0.3 is 26.8 Å². The van der Waals surface area contributed by atoms with E-state index < -0.39 is 24.0 Å². The lowest BCUT2D eigenvalue weighted by molar-refractivity contribution is 0.0755. The minimum absolute atomic E-state index is 0.0359. The van der Waals surface area contributed by atoms with Crippen LogP contribution in [-0.4, -0.2) is 59.5 Å². The molecule has 6 N–H and O–H groups in total. The van der Waals surface area contributed by atoms with Crippen LogP contribution in [0, 0.1) is 0 Å². The summed E-state index contributed by atoms with van der Waals surface area (Å²) in [5.41, 5.74) is 12.4. The first-order valence-corrected chi connectivity index (χ1v) is 11.3. The van der Waals surface area contributed by atoms with Gasteiger partial charge in [-0.05, 0) is 43.0 Å². The summed E-state index contributed by atoms with van der Waals surface area (Å²) in [5.74, 6) is -1.53. The van der Waals surface area contributed by atoms with E-state index in [1.165, 1.54) is 18.2 Å². The van der Waals surface area contributed by atoms with Crippen LogP contribution in [0.3, 0.4) is 0 Å². The van der Waals surface area contributed by atoms with Gasteiger partial charge in [-0.25, -0.2) is 0 Å². The molecule has 0 aliphatic heterocycles. The van der Waals surface area contributed by atoms with E-state index in [1.54, 1.807) is 4.90 Å². The zero-order valence-corrected chi connectivity index (χ0v) is 19.3. The highest BCUT2D eigenvalue weighted by atomic mass is 16.3. The van der Waals surface area contributed by atoms with Crippen LogP contribution in [0.15, 0.2) is 48.5 Å². The van der Waals surface area contributed by atoms with E-state index in [0.717, 1.165) is 18.4 Å². The number of nitrogens with zero attached hydrogens (tertiary/aromatic N) is 1. The third-order valence-electron chi connectivity index (χ3n) is 5.32. The number of rotatable bonds is 12. The quantitative estimate of drug-likeness (QED) is 0.387. The molecule has 0 spiro atoms. The van der Waals surface area contributed by atoms with Gasteiger partial charge in [-0.15, -0.1) is 0 Å². The van der Waals surface area contributed by atoms with E-state index in [-0.39, 0.29) is 29.1 Å². The molecule has 178 valence electrons. The second-order valence-corrected chi connectivity index (χ2v) is 8.03. The molecule has 2 rings (SSSR count). The summed E-state index contributed by atoms with van der Waals surface area (Å²) < 4.78 is 0. The Hall–Kier alpha value is -3.23. The van der Waals surface area contributed by atoms with E-state index in [0.29, 0.717) is 19.5 Å². The number of hydrogen-bond acceptors (Lipinski definition) is 5. The van der Waals surface area contributed by atoms with Crippen molar-refractivity contribution >= 4 is 17.7 Å². The second-order valence-electron chi connectivity index (χ2n) is 8.03. The Bertz CT molecular complexity index is 943. The van der Waals surface area contributed by atoms with Crippen molar-refractivity contribution in [2.75, 3.05) is 19.6 Å². The number of carbonyl (C=O) groups is 3. The number of nitrogens with two attached hydrogens (primary N) is 2. The van der Waals surface area contributed by atoms with Gasteiger partial charge >= 0.3 is 0 Å². The topological polar surface area (TPSA) is 139 Å². The first kappa shape index (κ1) is 26.0. The van der Waals surface area contributed by atoms with Crippen molar-refractivity contribution < 1.29 is 19.5 Å². The average Bonchev–Trinajstić information content (AvgIpc) is 2.82. The highest BCUT2D eigenvalue weighted by Gasteiger charge is 2.24. The van der Waals surface area contributed by atoms with Crippen LogP contribution in [0.25, 0.3) is 0 Å². The molecule has 8 heteroatoms. The van der Waals surface area contributed by atoms with Crippen LogP contribution in [0.2, 0.25) is 0 Å². The third kappa shape index (κ3) is 7.40. The maximum absolute atomic E-state index is 13.1. The lowest BCUT2D eigenvalue weighted by Gasteiger charge is -2.24. The predicted molar refractivity (Wildman–Crippen MR) is 128 cm³/mol. The Morgan fingerprint density at radius 1 is 0.970 bits per heavy atom. The fourth-order valence-electron chi connectivity index (χ4n) is 3.63. The Balaban J connectivity index is 2.35. The van der Waals surface area contributed by atoms with Gasteiger partial charge in [-0.3, -0.25) is 14.4 Å². The van der Waals surface area contributed by atoms with E-state index in [1.807, 2.05) is 44.2 Å². The summed E-state index contributed by atoms with van der Waals surface area (Å²) in [6.07, 6.45) is 0.964. The molecule has 0 saturated heterocycles. The molecule has 2 aromatic rings. The smallest absolute Gasteiger partial charge is 0.253 e. The second kappa shape index (κ2) is 12.7. The summed E-state index contributed by atoms with van der Waals surface area (Å²) in [6, 6.07) is 13.0. The van der Waals surface area contributed by atoms with E-state index in [9.17, 15) is 19.5 Å². The van der Waals surface area contributed by atoms with Crippen molar-refractivity contribution in [2.45, 2.75) is 45.3 Å². The minimum Gasteiger partial charge on any atom is -0.390 e. The number of hydrogen-bond donors (Lipinski definition) is 4. The number of aliphatic hydroxyl groups excluding tert-OH is 1. The predicted octanol–water partition coefficient (Wildman–Crippen LogP) is 1.71. The SMILES string of the molecule is CCCN(CCC)C(=O)c1cc(C(N)=O)cc(C(=O)NC(Cc2ccccc2)C(O)CN)c1. The Kier molecular flexibility index (Phi) is 10.0. The van der Waals surface area contributed by atoms with Crippen molar-refractivity contribution in [3.63, 3.8) is 0 Å². The standard InChI is InChI=1S/C25H34N4O4/c1-3-10-29(11-4-2)25(33)20-14-18(23(27)31)13-19(15-20)24(32)28-21(22(30)16-26)12-17-8-6-5-7-9-17/h5-9,13-15,21-22,30H,3-4,10-12,16,26H2,1-2H3,(H2,27,31)(H,28,32). The van der Waals surface area contributed by atoms with Crippen LogP contribution >= 0.6 is 0 Å². The molecule has 0 bridgehead atoms. The van der Waals surface area contributed by atoms with Gasteiger partial charge in [0.25, 0.3) is 11.8 Å². The number of primary amides is 1. The van der Waals surface area contributed by atoms with Gasteiger partial charge in [0, 0.05) is 36.3 Å². The molecule has 8 nitrogen and oxygen atoms in total. The molecule has 3 amide bonds. The molecular formula is C25H34N4O4. The summed E-state index contributed by atoms with van der Waals surface area (Å²) >= 11 is 0. The van der Waals surface area contributed by atoms with Crippen LogP contribution in [-0.2, 0) is 6.42 Å². The van der Waals surface area contributed by atoms with Crippen LogP contribution in [0.1, 0.15) is 63.3 Å². The largest absolute Gasteiger partial charge is 0.390 e. The molecular weight excluding hydrogens is 420 g/mol. The summed E-state index contributed by atoms with van der Waals surface area (Å²) in [6.45, 7) is 5.05. The molecule has 2 unspecified atom stereocenters.